The lowest BCUT2D eigenvalue weighted by molar-refractivity contribution is -0.167. The number of nitrogens with one attached hydrogen (secondary N) is 2. The fourth-order valence-electron chi connectivity index (χ4n) is 1.99. The maximum absolute atomic E-state index is 12.2. The van der Waals surface area contributed by atoms with Crippen molar-refractivity contribution in [2.75, 3.05) is 5.32 Å². The Kier molecular flexibility index (Phi) is 6.19. The Labute approximate surface area is 150 Å². The Bertz CT molecular complexity index is 761. The summed E-state index contributed by atoms with van der Waals surface area (Å²) in [6.45, 7) is 0.233. The molecule has 2 amide bonds. The molecule has 2 aromatic carbocycles. The van der Waals surface area contributed by atoms with E-state index in [1.54, 1.807) is 5.32 Å². The smallest absolute Gasteiger partial charge is 0.352 e. The van der Waals surface area contributed by atoms with Crippen LogP contribution in [0.25, 0.3) is 0 Å². The van der Waals surface area contributed by atoms with Gasteiger partial charge in [0.1, 0.15) is 0 Å². The minimum Gasteiger partial charge on any atom is -0.352 e. The topological polar surface area (TPSA) is 58.2 Å². The zero-order valence-electron chi connectivity index (χ0n) is 12.9. The van der Waals surface area contributed by atoms with Crippen molar-refractivity contribution in [3.8, 4) is 0 Å². The summed E-state index contributed by atoms with van der Waals surface area (Å²) in [4.78, 5) is 22.8. The molecule has 0 aliphatic carbocycles. The molecule has 0 heterocycles. The predicted molar refractivity (Wildman–Crippen MR) is 90.8 cm³/mol. The van der Waals surface area contributed by atoms with E-state index in [4.69, 9.17) is 0 Å². The summed E-state index contributed by atoms with van der Waals surface area (Å²) in [6, 6.07) is 13.1. The normalized spacial score (nSPS) is 11.0. The summed E-state index contributed by atoms with van der Waals surface area (Å²) in [5.41, 5.74) is 1.58. The zero-order chi connectivity index (χ0) is 18.4. The van der Waals surface area contributed by atoms with E-state index < -0.39 is 12.1 Å². The Morgan fingerprint density at radius 3 is 2.24 bits per heavy atom. The van der Waals surface area contributed by atoms with Crippen molar-refractivity contribution in [2.24, 2.45) is 0 Å². The van der Waals surface area contributed by atoms with Gasteiger partial charge in [-0.2, -0.15) is 13.2 Å². The van der Waals surface area contributed by atoms with E-state index in [1.165, 1.54) is 24.3 Å². The fourth-order valence-corrected chi connectivity index (χ4v) is 2.41. The first-order chi connectivity index (χ1) is 11.8. The molecular weight excluding hydrogens is 401 g/mol. The van der Waals surface area contributed by atoms with Gasteiger partial charge >= 0.3 is 12.1 Å². The van der Waals surface area contributed by atoms with Crippen molar-refractivity contribution in [1.82, 2.24) is 5.32 Å². The van der Waals surface area contributed by atoms with Crippen LogP contribution >= 0.6 is 15.9 Å². The summed E-state index contributed by atoms with van der Waals surface area (Å²) in [5.74, 6) is -2.21. The largest absolute Gasteiger partial charge is 0.471 e. The van der Waals surface area contributed by atoms with Gasteiger partial charge in [-0.15, -0.1) is 0 Å². The second-order valence-corrected chi connectivity index (χ2v) is 6.05. The van der Waals surface area contributed by atoms with Gasteiger partial charge in [0.25, 0.3) is 0 Å². The van der Waals surface area contributed by atoms with Crippen molar-refractivity contribution in [3.63, 3.8) is 0 Å². The highest BCUT2D eigenvalue weighted by atomic mass is 79.9. The highest BCUT2D eigenvalue weighted by Crippen LogP contribution is 2.19. The molecule has 0 atom stereocenters. The van der Waals surface area contributed by atoms with Crippen LogP contribution in [0, 0.1) is 0 Å². The average Bonchev–Trinajstić information content (AvgIpc) is 2.55. The van der Waals surface area contributed by atoms with Crippen LogP contribution in [0.2, 0.25) is 0 Å². The summed E-state index contributed by atoms with van der Waals surface area (Å²) >= 11 is 3.37. The van der Waals surface area contributed by atoms with E-state index in [-0.39, 0.29) is 24.6 Å². The van der Waals surface area contributed by atoms with Gasteiger partial charge in [0.05, 0.1) is 6.42 Å². The molecule has 2 N–H and O–H groups in total. The van der Waals surface area contributed by atoms with E-state index in [1.807, 2.05) is 24.3 Å². The predicted octanol–water partition coefficient (Wildman–Crippen LogP) is 3.81. The molecule has 0 saturated carbocycles. The first-order valence-electron chi connectivity index (χ1n) is 7.23. The quantitative estimate of drug-likeness (QED) is 0.781. The van der Waals surface area contributed by atoms with E-state index in [0.717, 1.165) is 10.0 Å². The van der Waals surface area contributed by atoms with Gasteiger partial charge in [0.15, 0.2) is 0 Å². The van der Waals surface area contributed by atoms with Crippen LogP contribution < -0.4 is 10.6 Å². The molecule has 0 aliphatic rings. The molecule has 4 nitrogen and oxygen atoms in total. The Balaban J connectivity index is 1.86. The van der Waals surface area contributed by atoms with Crippen LogP contribution in [-0.4, -0.2) is 18.0 Å². The number of carbonyl (C=O) groups excluding carboxylic acids is 2. The summed E-state index contributed by atoms with van der Waals surface area (Å²) in [5, 5.41) is 4.49. The Morgan fingerprint density at radius 2 is 1.64 bits per heavy atom. The van der Waals surface area contributed by atoms with Crippen molar-refractivity contribution >= 4 is 33.4 Å². The number of halogens is 4. The summed E-state index contributed by atoms with van der Waals surface area (Å²) in [7, 11) is 0. The maximum atomic E-state index is 12.2. The van der Waals surface area contributed by atoms with Crippen LogP contribution in [0.1, 0.15) is 11.1 Å². The fraction of sp³-hybridized carbons (Fsp3) is 0.176. The average molecular weight is 415 g/mol. The number of hydrogen-bond acceptors (Lipinski definition) is 2. The van der Waals surface area contributed by atoms with Crippen LogP contribution in [0.5, 0.6) is 0 Å². The molecule has 0 aliphatic heterocycles. The molecule has 2 rings (SSSR count). The van der Waals surface area contributed by atoms with Crippen LogP contribution in [-0.2, 0) is 22.6 Å². The van der Waals surface area contributed by atoms with E-state index in [0.29, 0.717) is 5.56 Å². The summed E-state index contributed by atoms with van der Waals surface area (Å²) in [6.07, 6.45) is -4.72. The van der Waals surface area contributed by atoms with Crippen molar-refractivity contribution in [2.45, 2.75) is 19.1 Å². The lowest BCUT2D eigenvalue weighted by Gasteiger charge is -2.09. The highest BCUT2D eigenvalue weighted by Gasteiger charge is 2.38. The number of rotatable bonds is 5. The third-order valence-corrected chi connectivity index (χ3v) is 4.04. The Morgan fingerprint density at radius 1 is 1.00 bits per heavy atom. The molecule has 0 fully saturated rings. The minimum atomic E-state index is -4.93. The molecule has 25 heavy (non-hydrogen) atoms. The number of anilines is 1. The lowest BCUT2D eigenvalue weighted by atomic mass is 10.1. The van der Waals surface area contributed by atoms with Crippen LogP contribution in [0.15, 0.2) is 53.0 Å². The van der Waals surface area contributed by atoms with E-state index in [9.17, 15) is 22.8 Å². The molecule has 0 radical (unpaired) electrons. The standard InChI is InChI=1S/C17H14BrF3N2O2/c18-14-4-2-1-3-12(14)9-15(24)22-10-11-5-7-13(8-6-11)23-16(25)17(19,20)21/h1-8H,9-10H2,(H,22,24)(H,23,25). The van der Waals surface area contributed by atoms with Crippen LogP contribution in [0.3, 0.4) is 0 Å². The minimum absolute atomic E-state index is 0.0330. The first-order valence-corrected chi connectivity index (χ1v) is 8.02. The van der Waals surface area contributed by atoms with Crippen molar-refractivity contribution in [1.29, 1.82) is 0 Å². The molecule has 2 aromatic rings. The zero-order valence-corrected chi connectivity index (χ0v) is 14.4. The second kappa shape index (κ2) is 8.15. The molecular formula is C17H14BrF3N2O2. The second-order valence-electron chi connectivity index (χ2n) is 5.19. The number of amides is 2. The number of hydrogen-bond donors (Lipinski definition) is 2. The molecule has 132 valence electrons. The third kappa shape index (κ3) is 5.90. The van der Waals surface area contributed by atoms with E-state index >= 15 is 0 Å². The molecule has 0 spiro atoms. The molecule has 8 heteroatoms. The number of benzene rings is 2. The van der Waals surface area contributed by atoms with Gasteiger partial charge in [-0.1, -0.05) is 46.3 Å². The summed E-state index contributed by atoms with van der Waals surface area (Å²) < 4.78 is 37.3. The maximum Gasteiger partial charge on any atom is 0.471 e. The van der Waals surface area contributed by atoms with E-state index in [2.05, 4.69) is 21.2 Å². The molecule has 0 aromatic heterocycles. The van der Waals surface area contributed by atoms with Crippen molar-refractivity contribution < 1.29 is 22.8 Å². The van der Waals surface area contributed by atoms with Gasteiger partial charge in [-0.05, 0) is 29.3 Å². The van der Waals surface area contributed by atoms with Gasteiger partial charge in [-0.25, -0.2) is 0 Å². The SMILES string of the molecule is O=C(Cc1ccccc1Br)NCc1ccc(NC(=O)C(F)(F)F)cc1. The van der Waals surface area contributed by atoms with Gasteiger partial charge in [0, 0.05) is 16.7 Å². The monoisotopic (exact) mass is 414 g/mol. The molecule has 0 unspecified atom stereocenters. The molecule has 0 saturated heterocycles. The third-order valence-electron chi connectivity index (χ3n) is 3.27. The van der Waals surface area contributed by atoms with Gasteiger partial charge < -0.3 is 10.6 Å². The van der Waals surface area contributed by atoms with Gasteiger partial charge in [-0.3, -0.25) is 9.59 Å². The van der Waals surface area contributed by atoms with Gasteiger partial charge in [0.2, 0.25) is 5.91 Å². The Hall–Kier alpha value is -2.35. The van der Waals surface area contributed by atoms with Crippen molar-refractivity contribution in [3.05, 3.63) is 64.1 Å². The lowest BCUT2D eigenvalue weighted by Crippen LogP contribution is -2.29. The molecule has 0 bridgehead atoms. The van der Waals surface area contributed by atoms with Crippen LogP contribution in [0.4, 0.5) is 18.9 Å². The number of carbonyl (C=O) groups is 2. The first kappa shape index (κ1) is 19.0. The number of alkyl halides is 3. The highest BCUT2D eigenvalue weighted by molar-refractivity contribution is 9.10.